The molecule has 1 heterocycles. The van der Waals surface area contributed by atoms with Gasteiger partial charge in [0.1, 0.15) is 6.10 Å². The minimum atomic E-state index is 0.0315. The van der Waals surface area contributed by atoms with E-state index in [0.717, 1.165) is 12.3 Å². The SMILES string of the molecule is CC(CCc1ccccc1)CC[C@@H]1[C@H]2CC(=O)O[C@H]2C[C@H]1C. The third-order valence-electron chi connectivity index (χ3n) is 5.81. The van der Waals surface area contributed by atoms with Gasteiger partial charge in [0.2, 0.25) is 0 Å². The molecule has 1 aliphatic carbocycles. The van der Waals surface area contributed by atoms with Crippen molar-refractivity contribution in [2.45, 2.75) is 58.5 Å². The Kier molecular flexibility index (Phi) is 4.85. The maximum atomic E-state index is 11.5. The fourth-order valence-electron chi connectivity index (χ4n) is 4.42. The number of hydrogen-bond donors (Lipinski definition) is 0. The summed E-state index contributed by atoms with van der Waals surface area (Å²) in [7, 11) is 0. The van der Waals surface area contributed by atoms with Crippen molar-refractivity contribution in [3.05, 3.63) is 35.9 Å². The van der Waals surface area contributed by atoms with Gasteiger partial charge < -0.3 is 4.74 Å². The monoisotopic (exact) mass is 300 g/mol. The molecule has 1 saturated carbocycles. The molecule has 3 rings (SSSR count). The van der Waals surface area contributed by atoms with E-state index in [2.05, 4.69) is 44.2 Å². The van der Waals surface area contributed by atoms with Gasteiger partial charge in [0, 0.05) is 5.92 Å². The van der Waals surface area contributed by atoms with Crippen LogP contribution in [-0.2, 0) is 16.0 Å². The van der Waals surface area contributed by atoms with E-state index in [4.69, 9.17) is 4.74 Å². The lowest BCUT2D eigenvalue weighted by atomic mass is 9.82. The Hall–Kier alpha value is -1.31. The molecule has 0 N–H and O–H groups in total. The Balaban J connectivity index is 1.44. The van der Waals surface area contributed by atoms with Crippen LogP contribution in [-0.4, -0.2) is 12.1 Å². The average molecular weight is 300 g/mol. The van der Waals surface area contributed by atoms with Crippen molar-refractivity contribution in [2.24, 2.45) is 23.7 Å². The van der Waals surface area contributed by atoms with Crippen LogP contribution >= 0.6 is 0 Å². The number of fused-ring (bicyclic) bond motifs is 1. The summed E-state index contributed by atoms with van der Waals surface area (Å²) in [6.07, 6.45) is 6.95. The largest absolute Gasteiger partial charge is 0.462 e. The van der Waals surface area contributed by atoms with Crippen molar-refractivity contribution in [2.75, 3.05) is 0 Å². The van der Waals surface area contributed by atoms with Crippen molar-refractivity contribution in [1.82, 2.24) is 0 Å². The van der Waals surface area contributed by atoms with Gasteiger partial charge in [0.05, 0.1) is 6.42 Å². The number of carbonyl (C=O) groups is 1. The molecule has 0 bridgehead atoms. The van der Waals surface area contributed by atoms with E-state index in [1.54, 1.807) is 0 Å². The van der Waals surface area contributed by atoms with Crippen LogP contribution in [0.4, 0.5) is 0 Å². The second-order valence-electron chi connectivity index (χ2n) is 7.48. The van der Waals surface area contributed by atoms with Crippen LogP contribution in [0.5, 0.6) is 0 Å². The topological polar surface area (TPSA) is 26.3 Å². The third-order valence-corrected chi connectivity index (χ3v) is 5.81. The summed E-state index contributed by atoms with van der Waals surface area (Å²) in [6, 6.07) is 10.8. The smallest absolute Gasteiger partial charge is 0.306 e. The summed E-state index contributed by atoms with van der Waals surface area (Å²) < 4.78 is 5.46. The number of aryl methyl sites for hydroxylation is 1. The van der Waals surface area contributed by atoms with Crippen LogP contribution < -0.4 is 0 Å². The number of benzene rings is 1. The normalized spacial score (nSPS) is 31.8. The van der Waals surface area contributed by atoms with Gasteiger partial charge >= 0.3 is 5.97 Å². The predicted octanol–water partition coefficient (Wildman–Crippen LogP) is 4.62. The average Bonchev–Trinajstić information content (AvgIpc) is 2.99. The highest BCUT2D eigenvalue weighted by Gasteiger charge is 2.47. The molecule has 2 heteroatoms. The summed E-state index contributed by atoms with van der Waals surface area (Å²) >= 11 is 0. The molecule has 120 valence electrons. The lowest BCUT2D eigenvalue weighted by Crippen LogP contribution is -2.16. The van der Waals surface area contributed by atoms with Crippen molar-refractivity contribution >= 4 is 5.97 Å². The number of rotatable bonds is 6. The van der Waals surface area contributed by atoms with Crippen molar-refractivity contribution in [3.8, 4) is 0 Å². The molecular weight excluding hydrogens is 272 g/mol. The second kappa shape index (κ2) is 6.85. The van der Waals surface area contributed by atoms with Crippen LogP contribution in [0.3, 0.4) is 0 Å². The molecule has 0 radical (unpaired) electrons. The van der Waals surface area contributed by atoms with Crippen LogP contribution in [0.1, 0.15) is 51.5 Å². The number of carbonyl (C=O) groups excluding carboxylic acids is 1. The van der Waals surface area contributed by atoms with Crippen LogP contribution in [0, 0.1) is 23.7 Å². The molecule has 2 aliphatic rings. The van der Waals surface area contributed by atoms with E-state index in [9.17, 15) is 4.79 Å². The van der Waals surface area contributed by atoms with Gasteiger partial charge in [-0.1, -0.05) is 50.6 Å². The highest BCUT2D eigenvalue weighted by molar-refractivity contribution is 5.72. The van der Waals surface area contributed by atoms with E-state index >= 15 is 0 Å². The zero-order valence-corrected chi connectivity index (χ0v) is 13.8. The molecule has 1 saturated heterocycles. The number of ether oxygens (including phenoxy) is 1. The molecular formula is C20H28O2. The van der Waals surface area contributed by atoms with Crippen molar-refractivity contribution in [3.63, 3.8) is 0 Å². The van der Waals surface area contributed by atoms with Gasteiger partial charge in [0.15, 0.2) is 0 Å². The van der Waals surface area contributed by atoms with Crippen molar-refractivity contribution < 1.29 is 9.53 Å². The first-order chi connectivity index (χ1) is 10.6. The third kappa shape index (κ3) is 3.53. The minimum Gasteiger partial charge on any atom is -0.462 e. The Morgan fingerprint density at radius 1 is 1.23 bits per heavy atom. The summed E-state index contributed by atoms with van der Waals surface area (Å²) in [6.45, 7) is 4.71. The van der Waals surface area contributed by atoms with Crippen LogP contribution in [0.2, 0.25) is 0 Å². The van der Waals surface area contributed by atoms with E-state index in [-0.39, 0.29) is 12.1 Å². The molecule has 0 amide bonds. The molecule has 1 aromatic carbocycles. The first-order valence-electron chi connectivity index (χ1n) is 8.87. The van der Waals surface area contributed by atoms with Crippen LogP contribution in [0.25, 0.3) is 0 Å². The van der Waals surface area contributed by atoms with Crippen LogP contribution in [0.15, 0.2) is 30.3 Å². The maximum absolute atomic E-state index is 11.5. The van der Waals surface area contributed by atoms with Gasteiger partial charge in [-0.05, 0) is 49.0 Å². The first kappa shape index (κ1) is 15.6. The van der Waals surface area contributed by atoms with Gasteiger partial charge in [-0.3, -0.25) is 4.79 Å². The highest BCUT2D eigenvalue weighted by atomic mass is 16.6. The maximum Gasteiger partial charge on any atom is 0.306 e. The minimum absolute atomic E-state index is 0.0315. The zero-order valence-electron chi connectivity index (χ0n) is 13.8. The van der Waals surface area contributed by atoms with Gasteiger partial charge in [-0.15, -0.1) is 0 Å². The highest BCUT2D eigenvalue weighted by Crippen LogP contribution is 2.47. The Labute approximate surface area is 134 Å². The quantitative estimate of drug-likeness (QED) is 0.716. The fraction of sp³-hybridized carbons (Fsp3) is 0.650. The number of hydrogen-bond acceptors (Lipinski definition) is 2. The lowest BCUT2D eigenvalue weighted by molar-refractivity contribution is -0.141. The summed E-state index contributed by atoms with van der Waals surface area (Å²) in [4.78, 5) is 11.5. The predicted molar refractivity (Wildman–Crippen MR) is 88.4 cm³/mol. The Bertz CT molecular complexity index is 496. The van der Waals surface area contributed by atoms with Crippen molar-refractivity contribution in [1.29, 1.82) is 0 Å². The Morgan fingerprint density at radius 3 is 2.77 bits per heavy atom. The first-order valence-corrected chi connectivity index (χ1v) is 8.87. The standard InChI is InChI=1S/C20H28O2/c1-14(8-10-16-6-4-3-5-7-16)9-11-17-15(2)12-19-18(17)13-20(21)22-19/h3-7,14-15,17-19H,8-13H2,1-2H3/t14?,15-,17+,18-,19+/m1/s1. The molecule has 1 unspecified atom stereocenters. The summed E-state index contributed by atoms with van der Waals surface area (Å²) in [5, 5.41) is 0. The molecule has 22 heavy (non-hydrogen) atoms. The molecule has 5 atom stereocenters. The molecule has 1 aromatic rings. The zero-order chi connectivity index (χ0) is 15.5. The van der Waals surface area contributed by atoms with E-state index < -0.39 is 0 Å². The van der Waals surface area contributed by atoms with Gasteiger partial charge in [-0.25, -0.2) is 0 Å². The van der Waals surface area contributed by atoms with E-state index in [1.165, 1.54) is 31.2 Å². The second-order valence-corrected chi connectivity index (χ2v) is 7.48. The Morgan fingerprint density at radius 2 is 2.00 bits per heavy atom. The van der Waals surface area contributed by atoms with E-state index in [0.29, 0.717) is 24.2 Å². The van der Waals surface area contributed by atoms with E-state index in [1.807, 2.05) is 0 Å². The molecule has 2 fully saturated rings. The molecule has 2 nitrogen and oxygen atoms in total. The number of esters is 1. The summed E-state index contributed by atoms with van der Waals surface area (Å²) in [5.74, 6) is 2.69. The lowest BCUT2D eigenvalue weighted by Gasteiger charge is -2.22. The van der Waals surface area contributed by atoms with Gasteiger partial charge in [-0.2, -0.15) is 0 Å². The van der Waals surface area contributed by atoms with Gasteiger partial charge in [0.25, 0.3) is 0 Å². The summed E-state index contributed by atoms with van der Waals surface area (Å²) in [5.41, 5.74) is 1.44. The fourth-order valence-corrected chi connectivity index (χ4v) is 4.42. The molecule has 1 aliphatic heterocycles. The molecule has 0 aromatic heterocycles. The molecule has 0 spiro atoms.